The number of hydrogen-bond donors (Lipinski definition) is 2. The van der Waals surface area contributed by atoms with Crippen LogP contribution < -0.4 is 11.1 Å². The van der Waals surface area contributed by atoms with Crippen molar-refractivity contribution in [3.8, 4) is 0 Å². The highest BCUT2D eigenvalue weighted by molar-refractivity contribution is 5.67. The third kappa shape index (κ3) is 1.82. The minimum absolute atomic E-state index is 0.191. The minimum atomic E-state index is -0.310. The van der Waals surface area contributed by atoms with E-state index in [-0.39, 0.29) is 17.0 Å². The summed E-state index contributed by atoms with van der Waals surface area (Å²) in [4.78, 5) is 0. The summed E-state index contributed by atoms with van der Waals surface area (Å²) in [5, 5.41) is 3.63. The summed E-state index contributed by atoms with van der Waals surface area (Å²) >= 11 is 0. The highest BCUT2D eigenvalue weighted by Gasteiger charge is 2.51. The van der Waals surface area contributed by atoms with Gasteiger partial charge in [-0.05, 0) is 68.4 Å². The van der Waals surface area contributed by atoms with Crippen LogP contribution in [0.25, 0.3) is 0 Å². The molecule has 0 heterocycles. The molecule has 5 rings (SSSR count). The van der Waals surface area contributed by atoms with E-state index in [1.165, 1.54) is 44.6 Å². The quantitative estimate of drug-likeness (QED) is 0.794. The van der Waals surface area contributed by atoms with E-state index in [9.17, 15) is 4.39 Å². The first kappa shape index (κ1) is 11.6. The average Bonchev–Trinajstić information content (AvgIpc) is 2.33. The first-order valence-electron chi connectivity index (χ1n) is 7.46. The van der Waals surface area contributed by atoms with Crippen molar-refractivity contribution in [2.45, 2.75) is 44.1 Å². The van der Waals surface area contributed by atoms with Crippen LogP contribution in [0.4, 0.5) is 15.8 Å². The van der Waals surface area contributed by atoms with Gasteiger partial charge < -0.3 is 11.1 Å². The van der Waals surface area contributed by atoms with Crippen LogP contribution in [-0.2, 0) is 0 Å². The number of hydrogen-bond acceptors (Lipinski definition) is 2. The fourth-order valence-electron chi connectivity index (χ4n) is 5.20. The van der Waals surface area contributed by atoms with E-state index in [2.05, 4.69) is 5.32 Å². The number of nitrogens with two attached hydrogens (primary N) is 1. The molecular weight excluding hydrogens is 239 g/mol. The van der Waals surface area contributed by atoms with Crippen molar-refractivity contribution in [1.82, 2.24) is 0 Å². The van der Waals surface area contributed by atoms with Gasteiger partial charge >= 0.3 is 0 Å². The Balaban J connectivity index is 1.64. The lowest BCUT2D eigenvalue weighted by atomic mass is 9.53. The zero-order valence-corrected chi connectivity index (χ0v) is 11.2. The van der Waals surface area contributed by atoms with E-state index >= 15 is 0 Å². The maximum Gasteiger partial charge on any atom is 0.148 e. The smallest absolute Gasteiger partial charge is 0.148 e. The number of halogens is 1. The molecule has 4 aliphatic rings. The minimum Gasteiger partial charge on any atom is -0.395 e. The van der Waals surface area contributed by atoms with Gasteiger partial charge in [-0.2, -0.15) is 0 Å². The van der Waals surface area contributed by atoms with Crippen LogP contribution in [0.5, 0.6) is 0 Å². The summed E-state index contributed by atoms with van der Waals surface area (Å²) in [6, 6.07) is 5.09. The molecule has 0 aliphatic heterocycles. The fraction of sp³-hybridized carbons (Fsp3) is 0.625. The molecule has 1 aromatic carbocycles. The molecule has 3 heteroatoms. The molecule has 0 spiro atoms. The van der Waals surface area contributed by atoms with Crippen molar-refractivity contribution in [1.29, 1.82) is 0 Å². The zero-order valence-electron chi connectivity index (χ0n) is 11.2. The van der Waals surface area contributed by atoms with Gasteiger partial charge in [-0.3, -0.25) is 0 Å². The second-order valence-corrected chi connectivity index (χ2v) is 7.02. The number of anilines is 2. The maximum atomic E-state index is 13.6. The van der Waals surface area contributed by atoms with Crippen LogP contribution in [0.15, 0.2) is 18.2 Å². The highest BCUT2D eigenvalue weighted by atomic mass is 19.1. The summed E-state index contributed by atoms with van der Waals surface area (Å²) in [5.41, 5.74) is 7.14. The van der Waals surface area contributed by atoms with Gasteiger partial charge in [-0.1, -0.05) is 6.07 Å². The molecule has 0 amide bonds. The van der Waals surface area contributed by atoms with Gasteiger partial charge in [0.1, 0.15) is 5.82 Å². The van der Waals surface area contributed by atoms with Crippen LogP contribution in [0, 0.1) is 23.6 Å². The second-order valence-electron chi connectivity index (χ2n) is 7.02. The molecule has 4 aliphatic carbocycles. The Hall–Kier alpha value is -1.25. The van der Waals surface area contributed by atoms with Gasteiger partial charge in [0.05, 0.1) is 11.4 Å². The van der Waals surface area contributed by atoms with E-state index in [0.717, 1.165) is 23.4 Å². The van der Waals surface area contributed by atoms with E-state index in [0.29, 0.717) is 0 Å². The van der Waals surface area contributed by atoms with Crippen LogP contribution in [0.3, 0.4) is 0 Å². The van der Waals surface area contributed by atoms with E-state index in [1.807, 2.05) is 6.07 Å². The zero-order chi connectivity index (χ0) is 13.0. The monoisotopic (exact) mass is 260 g/mol. The Morgan fingerprint density at radius 3 is 2.21 bits per heavy atom. The molecule has 0 radical (unpaired) electrons. The lowest BCUT2D eigenvalue weighted by Crippen LogP contribution is -2.54. The van der Waals surface area contributed by atoms with Gasteiger partial charge in [0, 0.05) is 5.54 Å². The van der Waals surface area contributed by atoms with Crippen molar-refractivity contribution in [2.24, 2.45) is 17.8 Å². The molecule has 3 N–H and O–H groups in total. The highest BCUT2D eigenvalue weighted by Crippen LogP contribution is 2.56. The van der Waals surface area contributed by atoms with Gasteiger partial charge in [0.25, 0.3) is 0 Å². The van der Waals surface area contributed by atoms with Crippen molar-refractivity contribution in [3.05, 3.63) is 24.0 Å². The molecular formula is C16H21FN2. The molecule has 4 bridgehead atoms. The number of nitrogen functional groups attached to an aromatic ring is 1. The van der Waals surface area contributed by atoms with Crippen LogP contribution in [0.1, 0.15) is 38.5 Å². The van der Waals surface area contributed by atoms with Crippen molar-refractivity contribution < 1.29 is 4.39 Å². The molecule has 0 aromatic heterocycles. The molecule has 0 atom stereocenters. The number of benzene rings is 1. The van der Waals surface area contributed by atoms with Crippen LogP contribution >= 0.6 is 0 Å². The Labute approximate surface area is 113 Å². The van der Waals surface area contributed by atoms with Gasteiger partial charge in [0.15, 0.2) is 0 Å². The van der Waals surface area contributed by atoms with Crippen LogP contribution in [0.2, 0.25) is 0 Å². The number of nitrogens with one attached hydrogen (secondary N) is 1. The molecule has 19 heavy (non-hydrogen) atoms. The molecule has 4 saturated carbocycles. The first-order chi connectivity index (χ1) is 9.13. The van der Waals surface area contributed by atoms with E-state index < -0.39 is 0 Å². The average molecular weight is 260 g/mol. The van der Waals surface area contributed by atoms with Crippen molar-refractivity contribution >= 4 is 11.4 Å². The summed E-state index contributed by atoms with van der Waals surface area (Å²) in [6.45, 7) is 0. The molecule has 4 fully saturated rings. The predicted molar refractivity (Wildman–Crippen MR) is 75.3 cm³/mol. The first-order valence-corrected chi connectivity index (χ1v) is 7.46. The standard InChI is InChI=1S/C16H21FN2/c17-13-2-1-3-14(15(13)18)19-16-7-10-4-11(8-16)6-12(5-10)9-16/h1-3,10-12,19H,4-9,18H2. The normalized spacial score (nSPS) is 39.5. The third-order valence-corrected chi connectivity index (χ3v) is 5.49. The van der Waals surface area contributed by atoms with E-state index in [4.69, 9.17) is 5.73 Å². The van der Waals surface area contributed by atoms with Gasteiger partial charge in [0.2, 0.25) is 0 Å². The Morgan fingerprint density at radius 1 is 1.05 bits per heavy atom. The maximum absolute atomic E-state index is 13.6. The van der Waals surface area contributed by atoms with Crippen molar-refractivity contribution in [3.63, 3.8) is 0 Å². The van der Waals surface area contributed by atoms with Crippen molar-refractivity contribution in [2.75, 3.05) is 11.1 Å². The van der Waals surface area contributed by atoms with E-state index in [1.54, 1.807) is 6.07 Å². The Kier molecular flexibility index (Phi) is 2.36. The third-order valence-electron chi connectivity index (χ3n) is 5.49. The topological polar surface area (TPSA) is 38.0 Å². The lowest BCUT2D eigenvalue weighted by Gasteiger charge is -2.57. The Bertz CT molecular complexity index is 476. The van der Waals surface area contributed by atoms with Gasteiger partial charge in [-0.15, -0.1) is 0 Å². The molecule has 2 nitrogen and oxygen atoms in total. The summed E-state index contributed by atoms with van der Waals surface area (Å²) in [5.74, 6) is 2.34. The predicted octanol–water partition coefficient (Wildman–Crippen LogP) is 3.79. The Morgan fingerprint density at radius 2 is 1.63 bits per heavy atom. The number of rotatable bonds is 2. The largest absolute Gasteiger partial charge is 0.395 e. The fourth-order valence-corrected chi connectivity index (χ4v) is 5.20. The molecule has 0 unspecified atom stereocenters. The van der Waals surface area contributed by atoms with Crippen LogP contribution in [-0.4, -0.2) is 5.54 Å². The lowest BCUT2D eigenvalue weighted by molar-refractivity contribution is 0.0107. The molecule has 1 aromatic rings. The summed E-state index contributed by atoms with van der Waals surface area (Å²) in [6.07, 6.45) is 7.98. The van der Waals surface area contributed by atoms with Gasteiger partial charge in [-0.25, -0.2) is 4.39 Å². The number of para-hydroxylation sites is 1. The summed E-state index contributed by atoms with van der Waals surface area (Å²) in [7, 11) is 0. The molecule has 102 valence electrons. The second kappa shape index (κ2) is 3.87. The SMILES string of the molecule is Nc1c(F)cccc1NC12CC3CC(CC(C3)C1)C2. The summed E-state index contributed by atoms with van der Waals surface area (Å²) < 4.78 is 13.6. The molecule has 0 saturated heterocycles.